The highest BCUT2D eigenvalue weighted by atomic mass is 16.3. The molecular formula is C8H20N4O4. The monoisotopic (exact) mass is 236 g/mol. The van der Waals surface area contributed by atoms with Crippen molar-refractivity contribution in [2.45, 2.75) is 0 Å². The Morgan fingerprint density at radius 3 is 1.00 bits per heavy atom. The summed E-state index contributed by atoms with van der Waals surface area (Å²) in [4.78, 5) is 0. The lowest BCUT2D eigenvalue weighted by molar-refractivity contribution is 0.117. The predicted molar refractivity (Wildman–Crippen MR) is 56.3 cm³/mol. The number of hydrogen-bond donors (Lipinski definition) is 4. The number of rotatable bonds is 10. The van der Waals surface area contributed by atoms with E-state index >= 15 is 0 Å². The van der Waals surface area contributed by atoms with Gasteiger partial charge in [0.1, 0.15) is 0 Å². The summed E-state index contributed by atoms with van der Waals surface area (Å²) in [7, 11) is 0. The first-order valence-electron chi connectivity index (χ1n) is 5.13. The van der Waals surface area contributed by atoms with E-state index in [2.05, 4.69) is 10.4 Å². The van der Waals surface area contributed by atoms with Gasteiger partial charge in [0, 0.05) is 0 Å². The van der Waals surface area contributed by atoms with E-state index in [0.29, 0.717) is 0 Å². The molecule has 0 saturated heterocycles. The first kappa shape index (κ1) is 15.0. The van der Waals surface area contributed by atoms with Crippen molar-refractivity contribution < 1.29 is 20.4 Å². The highest BCUT2D eigenvalue weighted by Gasteiger charge is 2.02. The normalized spacial score (nSPS) is 11.0. The summed E-state index contributed by atoms with van der Waals surface area (Å²) in [6, 6.07) is 0. The fourth-order valence-electron chi connectivity index (χ4n) is 0.977. The van der Waals surface area contributed by atoms with Crippen LogP contribution in [0, 0.1) is 0 Å². The molecule has 16 heavy (non-hydrogen) atoms. The van der Waals surface area contributed by atoms with Gasteiger partial charge < -0.3 is 20.4 Å². The van der Waals surface area contributed by atoms with Gasteiger partial charge in [0.25, 0.3) is 0 Å². The molecule has 0 spiro atoms. The van der Waals surface area contributed by atoms with E-state index in [1.54, 1.807) is 0 Å². The number of aliphatic hydroxyl groups excluding tert-OH is 4. The Morgan fingerprint density at radius 1 is 0.562 bits per heavy atom. The number of aliphatic hydroxyl groups is 4. The van der Waals surface area contributed by atoms with E-state index in [0.717, 1.165) is 0 Å². The van der Waals surface area contributed by atoms with Gasteiger partial charge >= 0.3 is 0 Å². The van der Waals surface area contributed by atoms with Crippen molar-refractivity contribution in [2.75, 3.05) is 52.6 Å². The molecule has 0 unspecified atom stereocenters. The third-order valence-corrected chi connectivity index (χ3v) is 1.73. The Morgan fingerprint density at radius 2 is 0.812 bits per heavy atom. The lowest BCUT2D eigenvalue weighted by atomic mass is 10.6. The van der Waals surface area contributed by atoms with Crippen molar-refractivity contribution in [2.24, 2.45) is 10.4 Å². The topological polar surface area (TPSA) is 112 Å². The van der Waals surface area contributed by atoms with E-state index in [4.69, 9.17) is 20.4 Å². The summed E-state index contributed by atoms with van der Waals surface area (Å²) >= 11 is 0. The minimum atomic E-state index is -0.0843. The van der Waals surface area contributed by atoms with E-state index in [9.17, 15) is 0 Å². The zero-order chi connectivity index (χ0) is 12.2. The molecule has 0 rings (SSSR count). The highest BCUT2D eigenvalue weighted by molar-refractivity contribution is 4.50. The molecule has 96 valence electrons. The molecule has 0 aliphatic rings. The van der Waals surface area contributed by atoms with Crippen LogP contribution in [0.5, 0.6) is 0 Å². The van der Waals surface area contributed by atoms with Crippen LogP contribution >= 0.6 is 0 Å². The van der Waals surface area contributed by atoms with Crippen molar-refractivity contribution in [3.63, 3.8) is 0 Å². The molecule has 8 heteroatoms. The number of nitrogens with zero attached hydrogens (tertiary/aromatic N) is 4. The molecule has 0 aliphatic carbocycles. The Hall–Kier alpha value is -0.960. The quantitative estimate of drug-likeness (QED) is 0.254. The summed E-state index contributed by atoms with van der Waals surface area (Å²) in [5.74, 6) is 0. The van der Waals surface area contributed by atoms with Gasteiger partial charge in [0.15, 0.2) is 0 Å². The molecule has 0 aliphatic heterocycles. The van der Waals surface area contributed by atoms with Crippen molar-refractivity contribution in [1.29, 1.82) is 0 Å². The third kappa shape index (κ3) is 7.35. The molecule has 0 fully saturated rings. The van der Waals surface area contributed by atoms with Crippen LogP contribution in [0.15, 0.2) is 10.4 Å². The lowest BCUT2D eigenvalue weighted by Gasteiger charge is -2.18. The van der Waals surface area contributed by atoms with Crippen molar-refractivity contribution in [3.05, 3.63) is 0 Å². The predicted octanol–water partition coefficient (Wildman–Crippen LogP) is -2.16. The minimum absolute atomic E-state index is 0.0843. The van der Waals surface area contributed by atoms with Gasteiger partial charge in [-0.15, -0.1) is 0 Å². The largest absolute Gasteiger partial charge is 0.394 e. The van der Waals surface area contributed by atoms with Crippen LogP contribution in [0.2, 0.25) is 0 Å². The standard InChI is InChI=1S/C8H20N4O4/c13-5-1-11(2-6-14)9-10-12(3-7-15)4-8-16/h13-16H,1-8H2/b10-9+. The molecule has 0 aromatic rings. The summed E-state index contributed by atoms with van der Waals surface area (Å²) in [5.41, 5.74) is 0. The zero-order valence-corrected chi connectivity index (χ0v) is 9.23. The molecule has 0 amide bonds. The second kappa shape index (κ2) is 10.6. The summed E-state index contributed by atoms with van der Waals surface area (Å²) in [5, 5.41) is 45.2. The molecule has 0 bridgehead atoms. The average molecular weight is 236 g/mol. The fraction of sp³-hybridized carbons (Fsp3) is 1.00. The van der Waals surface area contributed by atoms with Gasteiger partial charge in [-0.05, 0) is 0 Å². The van der Waals surface area contributed by atoms with Crippen molar-refractivity contribution >= 4 is 0 Å². The van der Waals surface area contributed by atoms with Crippen LogP contribution in [-0.4, -0.2) is 83.1 Å². The summed E-state index contributed by atoms with van der Waals surface area (Å²) < 4.78 is 0. The summed E-state index contributed by atoms with van der Waals surface area (Å²) in [6.07, 6.45) is 0. The Balaban J connectivity index is 4.12. The van der Waals surface area contributed by atoms with Crippen molar-refractivity contribution in [1.82, 2.24) is 10.0 Å². The molecule has 0 aromatic carbocycles. The lowest BCUT2D eigenvalue weighted by Crippen LogP contribution is -2.28. The Bertz CT molecular complexity index is 151. The fourth-order valence-corrected chi connectivity index (χ4v) is 0.977. The molecule has 0 aromatic heterocycles. The SMILES string of the molecule is OCCN(CCO)/N=N/N(CCO)CCO. The van der Waals surface area contributed by atoms with Gasteiger partial charge in [0.2, 0.25) is 0 Å². The van der Waals surface area contributed by atoms with Crippen LogP contribution in [0.25, 0.3) is 0 Å². The molecule has 0 radical (unpaired) electrons. The zero-order valence-electron chi connectivity index (χ0n) is 9.23. The van der Waals surface area contributed by atoms with Gasteiger partial charge in [-0.1, -0.05) is 10.4 Å². The Kier molecular flexibility index (Phi) is 9.92. The number of hydrogen-bond acceptors (Lipinski definition) is 6. The molecule has 4 N–H and O–H groups in total. The van der Waals surface area contributed by atoms with Gasteiger partial charge in [-0.25, -0.2) is 0 Å². The molecule has 8 nitrogen and oxygen atoms in total. The van der Waals surface area contributed by atoms with Gasteiger partial charge in [-0.2, -0.15) is 0 Å². The van der Waals surface area contributed by atoms with Gasteiger partial charge in [-0.3, -0.25) is 10.0 Å². The maximum absolute atomic E-state index is 8.72. The highest BCUT2D eigenvalue weighted by Crippen LogP contribution is 1.94. The molecule has 0 saturated carbocycles. The maximum atomic E-state index is 8.72. The summed E-state index contributed by atoms with van der Waals surface area (Å²) in [6.45, 7) is 0.759. The molecule has 0 atom stereocenters. The average Bonchev–Trinajstić information content (AvgIpc) is 2.27. The Labute approximate surface area is 94.4 Å². The third-order valence-electron chi connectivity index (χ3n) is 1.73. The van der Waals surface area contributed by atoms with Crippen LogP contribution in [-0.2, 0) is 0 Å². The molecular weight excluding hydrogens is 216 g/mol. The van der Waals surface area contributed by atoms with Crippen molar-refractivity contribution in [3.8, 4) is 0 Å². The molecule has 0 heterocycles. The van der Waals surface area contributed by atoms with Crippen LogP contribution in [0.3, 0.4) is 0 Å². The maximum Gasteiger partial charge on any atom is 0.0624 e. The van der Waals surface area contributed by atoms with Gasteiger partial charge in [0.05, 0.1) is 52.6 Å². The minimum Gasteiger partial charge on any atom is -0.394 e. The first-order chi connectivity index (χ1) is 7.78. The van der Waals surface area contributed by atoms with E-state index in [-0.39, 0.29) is 52.6 Å². The van der Waals surface area contributed by atoms with Crippen LogP contribution < -0.4 is 0 Å². The van der Waals surface area contributed by atoms with E-state index in [1.807, 2.05) is 0 Å². The smallest absolute Gasteiger partial charge is 0.0624 e. The van der Waals surface area contributed by atoms with Crippen LogP contribution in [0.1, 0.15) is 0 Å². The van der Waals surface area contributed by atoms with E-state index in [1.165, 1.54) is 10.0 Å². The second-order valence-electron chi connectivity index (χ2n) is 2.98. The van der Waals surface area contributed by atoms with Crippen LogP contribution in [0.4, 0.5) is 0 Å². The first-order valence-corrected chi connectivity index (χ1v) is 5.13. The second-order valence-corrected chi connectivity index (χ2v) is 2.98. The van der Waals surface area contributed by atoms with E-state index < -0.39 is 0 Å².